The van der Waals surface area contributed by atoms with Gasteiger partial charge in [0.25, 0.3) is 0 Å². The lowest BCUT2D eigenvalue weighted by molar-refractivity contribution is -0.144. The molecule has 0 aliphatic carbocycles. The summed E-state index contributed by atoms with van der Waals surface area (Å²) in [5, 5.41) is 13.4. The van der Waals surface area contributed by atoms with E-state index in [2.05, 4.69) is 10.6 Å². The van der Waals surface area contributed by atoms with Gasteiger partial charge < -0.3 is 15.7 Å². The maximum Gasteiger partial charge on any atom is 0.441 e. The Labute approximate surface area is 113 Å². The highest BCUT2D eigenvalue weighted by molar-refractivity contribution is 8.00. The number of carbonyl (C=O) groups is 2. The van der Waals surface area contributed by atoms with E-state index in [9.17, 15) is 22.8 Å². The third-order valence-electron chi connectivity index (χ3n) is 2.26. The van der Waals surface area contributed by atoms with Gasteiger partial charge in [-0.05, 0) is 25.1 Å². The van der Waals surface area contributed by atoms with Crippen LogP contribution in [0.15, 0.2) is 0 Å². The lowest BCUT2D eigenvalue weighted by Crippen LogP contribution is -2.55. The number of aliphatic carboxylic acids is 1. The van der Waals surface area contributed by atoms with Gasteiger partial charge >= 0.3 is 17.5 Å². The van der Waals surface area contributed by atoms with Crippen LogP contribution in [0.1, 0.15) is 26.7 Å². The summed E-state index contributed by atoms with van der Waals surface area (Å²) < 4.78 is 35.4. The van der Waals surface area contributed by atoms with E-state index < -0.39 is 23.0 Å². The molecule has 19 heavy (non-hydrogen) atoms. The Morgan fingerprint density at radius 1 is 1.32 bits per heavy atom. The number of halogens is 3. The molecule has 0 radical (unpaired) electrons. The van der Waals surface area contributed by atoms with Crippen molar-refractivity contribution in [3.63, 3.8) is 0 Å². The Balaban J connectivity index is 4.12. The summed E-state index contributed by atoms with van der Waals surface area (Å²) >= 11 is -0.249. The Morgan fingerprint density at radius 3 is 2.32 bits per heavy atom. The number of hydrogen-bond acceptors (Lipinski definition) is 3. The molecule has 112 valence electrons. The maximum absolute atomic E-state index is 11.8. The molecule has 2 amide bonds. The molecule has 9 heteroatoms. The molecule has 0 aromatic rings. The summed E-state index contributed by atoms with van der Waals surface area (Å²) in [6.07, 6.45) is 0.778. The topological polar surface area (TPSA) is 78.4 Å². The van der Waals surface area contributed by atoms with E-state index in [4.69, 9.17) is 5.11 Å². The van der Waals surface area contributed by atoms with Crippen LogP contribution in [0.25, 0.3) is 0 Å². The number of rotatable bonds is 7. The van der Waals surface area contributed by atoms with E-state index in [0.29, 0.717) is 6.42 Å². The molecule has 0 aliphatic heterocycles. The molecule has 0 heterocycles. The first-order valence-corrected chi connectivity index (χ1v) is 6.59. The second-order valence-corrected chi connectivity index (χ2v) is 5.22. The molecule has 0 aliphatic rings. The first-order chi connectivity index (χ1) is 8.60. The normalized spacial score (nSPS) is 14.6. The molecule has 1 atom stereocenters. The van der Waals surface area contributed by atoms with Crippen LogP contribution in [0.5, 0.6) is 0 Å². The molecule has 0 aromatic carbocycles. The number of nitrogens with one attached hydrogen (secondary N) is 2. The van der Waals surface area contributed by atoms with E-state index in [1.165, 1.54) is 6.92 Å². The van der Waals surface area contributed by atoms with Gasteiger partial charge in [0.2, 0.25) is 0 Å². The molecule has 0 saturated carbocycles. The molecular weight excluding hydrogens is 285 g/mol. The van der Waals surface area contributed by atoms with E-state index >= 15 is 0 Å². The molecule has 5 nitrogen and oxygen atoms in total. The van der Waals surface area contributed by atoms with Crippen molar-refractivity contribution in [1.29, 1.82) is 0 Å². The third kappa shape index (κ3) is 7.81. The highest BCUT2D eigenvalue weighted by Crippen LogP contribution is 2.29. The van der Waals surface area contributed by atoms with Crippen molar-refractivity contribution in [3.8, 4) is 0 Å². The Kier molecular flexibility index (Phi) is 7.02. The summed E-state index contributed by atoms with van der Waals surface area (Å²) in [5.74, 6) is -1.51. The Hall–Kier alpha value is -1.12. The molecule has 0 saturated heterocycles. The number of urea groups is 1. The first-order valence-electron chi connectivity index (χ1n) is 5.61. The van der Waals surface area contributed by atoms with Gasteiger partial charge in [0, 0.05) is 12.3 Å². The number of carbonyl (C=O) groups excluding carboxylic acids is 1. The zero-order chi connectivity index (χ0) is 15.1. The van der Waals surface area contributed by atoms with Crippen LogP contribution in [0.3, 0.4) is 0 Å². The SMILES string of the molecule is CCCC(C)(NC(=O)NCCSC(F)(F)F)C(=O)O. The molecule has 0 spiro atoms. The second-order valence-electron chi connectivity index (χ2n) is 4.06. The van der Waals surface area contributed by atoms with E-state index in [1.54, 1.807) is 6.92 Å². The van der Waals surface area contributed by atoms with Gasteiger partial charge in [-0.2, -0.15) is 13.2 Å². The van der Waals surface area contributed by atoms with Gasteiger partial charge in [0.15, 0.2) is 0 Å². The fourth-order valence-electron chi connectivity index (χ4n) is 1.35. The van der Waals surface area contributed by atoms with Crippen molar-refractivity contribution in [1.82, 2.24) is 10.6 Å². The summed E-state index contributed by atoms with van der Waals surface area (Å²) in [4.78, 5) is 22.4. The third-order valence-corrected chi connectivity index (χ3v) is 3.00. The molecule has 0 aromatic heterocycles. The van der Waals surface area contributed by atoms with Crippen molar-refractivity contribution < 1.29 is 27.9 Å². The number of thioether (sulfide) groups is 1. The molecule has 1 unspecified atom stereocenters. The predicted molar refractivity (Wildman–Crippen MR) is 66.0 cm³/mol. The predicted octanol–water partition coefficient (Wildman–Crippen LogP) is 2.18. The molecule has 3 N–H and O–H groups in total. The molecular formula is C10H17F3N2O3S. The summed E-state index contributed by atoms with van der Waals surface area (Å²) in [6.45, 7) is 2.92. The number of amides is 2. The zero-order valence-corrected chi connectivity index (χ0v) is 11.5. The van der Waals surface area contributed by atoms with Crippen molar-refractivity contribution in [2.24, 2.45) is 0 Å². The fourth-order valence-corrected chi connectivity index (χ4v) is 1.78. The number of hydrogen-bond donors (Lipinski definition) is 3. The van der Waals surface area contributed by atoms with Crippen LogP contribution in [0.4, 0.5) is 18.0 Å². The number of alkyl halides is 3. The summed E-state index contributed by atoms with van der Waals surface area (Å²) in [5.41, 5.74) is -5.76. The molecule has 0 fully saturated rings. The lowest BCUT2D eigenvalue weighted by Gasteiger charge is -2.25. The van der Waals surface area contributed by atoms with Crippen LogP contribution in [0, 0.1) is 0 Å². The molecule has 0 rings (SSSR count). The van der Waals surface area contributed by atoms with Crippen LogP contribution in [-0.2, 0) is 4.79 Å². The highest BCUT2D eigenvalue weighted by Gasteiger charge is 2.33. The monoisotopic (exact) mass is 302 g/mol. The van der Waals surface area contributed by atoms with Gasteiger partial charge in [-0.3, -0.25) is 0 Å². The zero-order valence-electron chi connectivity index (χ0n) is 10.6. The van der Waals surface area contributed by atoms with E-state index in [-0.39, 0.29) is 30.5 Å². The van der Waals surface area contributed by atoms with Gasteiger partial charge in [0.1, 0.15) is 5.54 Å². The number of carboxylic acids is 1. The van der Waals surface area contributed by atoms with Crippen molar-refractivity contribution in [2.45, 2.75) is 37.7 Å². The highest BCUT2D eigenvalue weighted by atomic mass is 32.2. The minimum absolute atomic E-state index is 0.197. The Bertz CT molecular complexity index is 326. The van der Waals surface area contributed by atoms with Gasteiger partial charge in [-0.15, -0.1) is 0 Å². The average Bonchev–Trinajstić information content (AvgIpc) is 2.23. The van der Waals surface area contributed by atoms with Gasteiger partial charge in [-0.1, -0.05) is 13.3 Å². The van der Waals surface area contributed by atoms with Crippen LogP contribution in [0.2, 0.25) is 0 Å². The quantitative estimate of drug-likeness (QED) is 0.630. The van der Waals surface area contributed by atoms with Crippen LogP contribution in [-0.4, -0.2) is 40.5 Å². The van der Waals surface area contributed by atoms with Gasteiger partial charge in [0.05, 0.1) is 0 Å². The summed E-state index contributed by atoms with van der Waals surface area (Å²) in [6, 6.07) is -0.791. The minimum atomic E-state index is -4.34. The summed E-state index contributed by atoms with van der Waals surface area (Å²) in [7, 11) is 0. The average molecular weight is 302 g/mol. The van der Waals surface area contributed by atoms with E-state index in [1.807, 2.05) is 0 Å². The Morgan fingerprint density at radius 2 is 1.89 bits per heavy atom. The van der Waals surface area contributed by atoms with Crippen molar-refractivity contribution in [2.75, 3.05) is 12.3 Å². The molecule has 0 bridgehead atoms. The lowest BCUT2D eigenvalue weighted by atomic mass is 9.97. The standard InChI is InChI=1S/C10H17F3N2O3S/c1-3-4-9(2,7(16)17)15-8(18)14-5-6-19-10(11,12)13/h3-6H2,1-2H3,(H,16,17)(H2,14,15,18). The maximum atomic E-state index is 11.8. The number of carboxylic acid groups (broad SMARTS) is 1. The van der Waals surface area contributed by atoms with E-state index in [0.717, 1.165) is 0 Å². The minimum Gasteiger partial charge on any atom is -0.480 e. The second kappa shape index (κ2) is 7.46. The van der Waals surface area contributed by atoms with Crippen LogP contribution < -0.4 is 10.6 Å². The largest absolute Gasteiger partial charge is 0.480 e. The first kappa shape index (κ1) is 17.9. The van der Waals surface area contributed by atoms with Gasteiger partial charge in [-0.25, -0.2) is 9.59 Å². The van der Waals surface area contributed by atoms with Crippen molar-refractivity contribution >= 4 is 23.8 Å². The fraction of sp³-hybridized carbons (Fsp3) is 0.800. The van der Waals surface area contributed by atoms with Crippen molar-refractivity contribution in [3.05, 3.63) is 0 Å². The van der Waals surface area contributed by atoms with Crippen LogP contribution >= 0.6 is 11.8 Å². The smallest absolute Gasteiger partial charge is 0.441 e.